The van der Waals surface area contributed by atoms with Crippen molar-refractivity contribution in [3.63, 3.8) is 0 Å². The van der Waals surface area contributed by atoms with Crippen LogP contribution >= 0.6 is 0 Å². The molecule has 0 fully saturated rings. The zero-order valence-electron chi connectivity index (χ0n) is 38.1. The highest BCUT2D eigenvalue weighted by molar-refractivity contribution is 5.93. The Kier molecular flexibility index (Phi) is 8.78. The van der Waals surface area contributed by atoms with E-state index in [1.165, 1.54) is 100 Å². The van der Waals surface area contributed by atoms with E-state index in [1.807, 2.05) is 0 Å². The minimum absolute atomic E-state index is 0.00506. The van der Waals surface area contributed by atoms with Gasteiger partial charge in [0, 0.05) is 27.8 Å². The maximum absolute atomic E-state index is 2.54. The molecule has 0 N–H and O–H groups in total. The molecule has 1 heteroatoms. The number of fused-ring (bicyclic) bond motifs is 10. The summed E-state index contributed by atoms with van der Waals surface area (Å²) in [7, 11) is 0. The Morgan fingerprint density at radius 2 is 0.952 bits per heavy atom. The minimum Gasteiger partial charge on any atom is -0.310 e. The molecule has 8 aromatic rings. The lowest BCUT2D eigenvalue weighted by Gasteiger charge is -2.32. The van der Waals surface area contributed by atoms with Crippen molar-refractivity contribution in [2.75, 3.05) is 4.90 Å². The Labute approximate surface area is 375 Å². The van der Waals surface area contributed by atoms with Crippen molar-refractivity contribution in [1.29, 1.82) is 0 Å². The van der Waals surface area contributed by atoms with E-state index in [9.17, 15) is 0 Å². The Hall–Kier alpha value is -6.44. The van der Waals surface area contributed by atoms with Gasteiger partial charge in [0.15, 0.2) is 0 Å². The molecule has 0 amide bonds. The van der Waals surface area contributed by atoms with E-state index >= 15 is 0 Å². The van der Waals surface area contributed by atoms with Crippen LogP contribution < -0.4 is 4.90 Å². The van der Waals surface area contributed by atoms with Crippen LogP contribution in [0.4, 0.5) is 17.1 Å². The Morgan fingerprint density at radius 3 is 1.65 bits per heavy atom. The van der Waals surface area contributed by atoms with E-state index in [0.29, 0.717) is 0 Å². The first-order chi connectivity index (χ1) is 30.2. The van der Waals surface area contributed by atoms with E-state index in [0.717, 1.165) is 18.5 Å². The smallest absolute Gasteiger partial charge is 0.0540 e. The maximum Gasteiger partial charge on any atom is 0.0540 e. The first kappa shape index (κ1) is 39.4. The largest absolute Gasteiger partial charge is 0.310 e. The number of aryl methyl sites for hydroxylation is 1. The van der Waals surface area contributed by atoms with Crippen molar-refractivity contribution >= 4 is 17.1 Å². The maximum atomic E-state index is 2.54. The van der Waals surface area contributed by atoms with Gasteiger partial charge in [-0.2, -0.15) is 0 Å². The number of hydrogen-bond acceptors (Lipinski definition) is 1. The molecule has 63 heavy (non-hydrogen) atoms. The zero-order chi connectivity index (χ0) is 43.5. The van der Waals surface area contributed by atoms with Crippen molar-refractivity contribution in [1.82, 2.24) is 0 Å². The van der Waals surface area contributed by atoms with Crippen molar-refractivity contribution in [3.8, 4) is 44.5 Å². The number of hydrogen-bond donors (Lipinski definition) is 0. The average molecular weight is 816 g/mol. The normalized spacial score (nSPS) is 16.6. The van der Waals surface area contributed by atoms with Gasteiger partial charge in [-0.05, 0) is 137 Å². The molecular weight excluding hydrogens is 759 g/mol. The van der Waals surface area contributed by atoms with Gasteiger partial charge in [0.2, 0.25) is 0 Å². The Balaban J connectivity index is 1.12. The summed E-state index contributed by atoms with van der Waals surface area (Å²) in [6.45, 7) is 18.8. The molecule has 8 aromatic carbocycles. The number of nitrogens with zero attached hydrogens (tertiary/aromatic N) is 1. The summed E-state index contributed by atoms with van der Waals surface area (Å²) in [6, 6.07) is 67.3. The lowest BCUT2D eigenvalue weighted by atomic mass is 9.73. The lowest BCUT2D eigenvalue weighted by Crippen LogP contribution is -2.24. The topological polar surface area (TPSA) is 3.24 Å². The summed E-state index contributed by atoms with van der Waals surface area (Å²) in [5, 5.41) is 0. The second-order valence-corrected chi connectivity index (χ2v) is 20.9. The highest BCUT2D eigenvalue weighted by Gasteiger charge is 2.48. The standard InChI is InChI=1S/C62H57N/c1-59(2,3)43-36-42(37-44(38-43)60(4,5)6)47-19-12-16-27-57(47)63(45-30-28-40(29-31-45)48-22-17-23-52-50-21-10-14-25-54(50)61(7,8)58(48)52)46-32-33-51-49-20-11-15-26-55(49)62(56(51)39-46)35-34-41-18-9-13-24-53(41)62/h9-33,36-39H,34-35H2,1-8H3. The molecular formula is C62H57N. The van der Waals surface area contributed by atoms with Crippen molar-refractivity contribution in [2.24, 2.45) is 0 Å². The molecule has 1 nitrogen and oxygen atoms in total. The fourth-order valence-electron chi connectivity index (χ4n) is 11.5. The second kappa shape index (κ2) is 14.0. The molecule has 0 bridgehead atoms. The number of para-hydroxylation sites is 1. The van der Waals surface area contributed by atoms with Crippen LogP contribution in [0.5, 0.6) is 0 Å². The van der Waals surface area contributed by atoms with E-state index in [4.69, 9.17) is 0 Å². The molecule has 1 unspecified atom stereocenters. The third-order valence-electron chi connectivity index (χ3n) is 14.8. The van der Waals surface area contributed by atoms with Crippen LogP contribution in [-0.4, -0.2) is 0 Å². The Morgan fingerprint density at radius 1 is 0.413 bits per heavy atom. The quantitative estimate of drug-likeness (QED) is 0.167. The van der Waals surface area contributed by atoms with Crippen LogP contribution in [-0.2, 0) is 28.1 Å². The summed E-state index contributed by atoms with van der Waals surface area (Å²) >= 11 is 0. The van der Waals surface area contributed by atoms with Crippen LogP contribution in [0.3, 0.4) is 0 Å². The summed E-state index contributed by atoms with van der Waals surface area (Å²) in [5.41, 5.74) is 24.9. The zero-order valence-corrected chi connectivity index (χ0v) is 38.1. The number of benzene rings is 8. The van der Waals surface area contributed by atoms with Gasteiger partial charge in [-0.1, -0.05) is 201 Å². The summed E-state index contributed by atoms with van der Waals surface area (Å²) < 4.78 is 0. The van der Waals surface area contributed by atoms with Gasteiger partial charge in [-0.25, -0.2) is 0 Å². The molecule has 1 atom stereocenters. The molecule has 310 valence electrons. The molecule has 3 aliphatic carbocycles. The summed E-state index contributed by atoms with van der Waals surface area (Å²) in [5.74, 6) is 0. The van der Waals surface area contributed by atoms with E-state index in [2.05, 4.69) is 236 Å². The van der Waals surface area contributed by atoms with E-state index in [-0.39, 0.29) is 21.7 Å². The van der Waals surface area contributed by atoms with Crippen LogP contribution in [0.2, 0.25) is 0 Å². The van der Waals surface area contributed by atoms with Gasteiger partial charge < -0.3 is 4.90 Å². The van der Waals surface area contributed by atoms with Gasteiger partial charge in [-0.3, -0.25) is 0 Å². The highest BCUT2D eigenvalue weighted by atomic mass is 15.1. The molecule has 0 radical (unpaired) electrons. The monoisotopic (exact) mass is 815 g/mol. The Bertz CT molecular complexity index is 3080. The first-order valence-electron chi connectivity index (χ1n) is 23.0. The first-order valence-corrected chi connectivity index (χ1v) is 23.0. The second-order valence-electron chi connectivity index (χ2n) is 20.9. The lowest BCUT2D eigenvalue weighted by molar-refractivity contribution is 0.569. The molecule has 0 saturated carbocycles. The highest BCUT2D eigenvalue weighted by Crippen LogP contribution is 2.59. The van der Waals surface area contributed by atoms with Gasteiger partial charge >= 0.3 is 0 Å². The van der Waals surface area contributed by atoms with Crippen LogP contribution in [0.15, 0.2) is 176 Å². The number of anilines is 3. The number of rotatable bonds is 5. The van der Waals surface area contributed by atoms with Crippen molar-refractivity contribution in [3.05, 3.63) is 220 Å². The predicted octanol–water partition coefficient (Wildman–Crippen LogP) is 16.7. The molecule has 1 spiro atoms. The molecule has 0 aromatic heterocycles. The van der Waals surface area contributed by atoms with Gasteiger partial charge in [0.05, 0.1) is 5.69 Å². The average Bonchev–Trinajstić information content (AvgIpc) is 3.89. The van der Waals surface area contributed by atoms with E-state index < -0.39 is 0 Å². The van der Waals surface area contributed by atoms with Gasteiger partial charge in [0.1, 0.15) is 0 Å². The van der Waals surface area contributed by atoms with E-state index in [1.54, 1.807) is 0 Å². The summed E-state index contributed by atoms with van der Waals surface area (Å²) in [6.07, 6.45) is 2.15. The molecule has 0 saturated heterocycles. The van der Waals surface area contributed by atoms with Gasteiger partial charge in [-0.15, -0.1) is 0 Å². The van der Waals surface area contributed by atoms with Crippen molar-refractivity contribution in [2.45, 2.75) is 89.9 Å². The third-order valence-corrected chi connectivity index (χ3v) is 14.8. The molecule has 3 aliphatic rings. The summed E-state index contributed by atoms with van der Waals surface area (Å²) in [4.78, 5) is 2.53. The minimum atomic E-state index is -0.186. The van der Waals surface area contributed by atoms with Crippen LogP contribution in [0, 0.1) is 0 Å². The van der Waals surface area contributed by atoms with Gasteiger partial charge in [0.25, 0.3) is 0 Å². The fraction of sp³-hybridized carbons (Fsp3) is 0.226. The third kappa shape index (κ3) is 6.03. The molecule has 0 aliphatic heterocycles. The molecule has 0 heterocycles. The van der Waals surface area contributed by atoms with Crippen LogP contribution in [0.25, 0.3) is 44.5 Å². The SMILES string of the molecule is CC(C)(C)c1cc(-c2ccccc2N(c2ccc(-c3cccc4c3C(C)(C)c3ccccc3-4)cc2)c2ccc3c(c2)C2(CCc4ccccc42)c2ccccc2-3)cc(C(C)(C)C)c1. The predicted molar refractivity (Wildman–Crippen MR) is 267 cm³/mol. The van der Waals surface area contributed by atoms with Crippen LogP contribution in [0.1, 0.15) is 106 Å². The van der Waals surface area contributed by atoms with Crippen molar-refractivity contribution < 1.29 is 0 Å². The fourth-order valence-corrected chi connectivity index (χ4v) is 11.5. The molecule has 11 rings (SSSR count).